The Kier molecular flexibility index (Phi) is 4.39. The van der Waals surface area contributed by atoms with Crippen molar-refractivity contribution < 1.29 is 9.53 Å². The number of ether oxygens (including phenoxy) is 1. The fraction of sp³-hybridized carbons (Fsp3) is 0.929. The Balaban J connectivity index is 1.91. The summed E-state index contributed by atoms with van der Waals surface area (Å²) >= 11 is 0. The lowest BCUT2D eigenvalue weighted by molar-refractivity contribution is -0.136. The minimum absolute atomic E-state index is 0.0619. The van der Waals surface area contributed by atoms with Gasteiger partial charge in [-0.15, -0.1) is 0 Å². The van der Waals surface area contributed by atoms with E-state index in [-0.39, 0.29) is 6.10 Å². The van der Waals surface area contributed by atoms with Crippen molar-refractivity contribution in [1.82, 2.24) is 0 Å². The van der Waals surface area contributed by atoms with Crippen LogP contribution in [0, 0.1) is 11.8 Å². The van der Waals surface area contributed by atoms with Crippen molar-refractivity contribution in [2.75, 3.05) is 6.61 Å². The maximum Gasteiger partial charge on any atom is 0.164 e. The topological polar surface area (TPSA) is 26.3 Å². The third-order valence-corrected chi connectivity index (χ3v) is 3.93. The molecule has 2 saturated carbocycles. The predicted octanol–water partition coefficient (Wildman–Crippen LogP) is 3.34. The first-order valence-corrected chi connectivity index (χ1v) is 6.98. The van der Waals surface area contributed by atoms with Crippen LogP contribution in [-0.4, -0.2) is 18.5 Å². The number of carbonyl (C=O) groups excluding carboxylic acids is 1. The summed E-state index contributed by atoms with van der Waals surface area (Å²) < 4.78 is 5.67. The normalized spacial score (nSPS) is 25.1. The first kappa shape index (κ1) is 12.1. The molecule has 1 unspecified atom stereocenters. The first-order chi connectivity index (χ1) is 7.83. The smallest absolute Gasteiger partial charge is 0.164 e. The average molecular weight is 224 g/mol. The van der Waals surface area contributed by atoms with Crippen LogP contribution in [0.3, 0.4) is 0 Å². The molecular weight excluding hydrogens is 200 g/mol. The van der Waals surface area contributed by atoms with Gasteiger partial charge in [-0.05, 0) is 38.5 Å². The summed E-state index contributed by atoms with van der Waals surface area (Å²) in [6, 6.07) is 0. The van der Waals surface area contributed by atoms with E-state index in [4.69, 9.17) is 4.74 Å². The van der Waals surface area contributed by atoms with Crippen LogP contribution in [0.15, 0.2) is 0 Å². The molecule has 0 bridgehead atoms. The van der Waals surface area contributed by atoms with E-state index in [1.54, 1.807) is 0 Å². The van der Waals surface area contributed by atoms with Crippen molar-refractivity contribution in [3.05, 3.63) is 0 Å². The van der Waals surface area contributed by atoms with Crippen LogP contribution >= 0.6 is 0 Å². The van der Waals surface area contributed by atoms with Crippen LogP contribution < -0.4 is 0 Å². The zero-order valence-corrected chi connectivity index (χ0v) is 10.4. The zero-order valence-electron chi connectivity index (χ0n) is 10.4. The molecule has 0 amide bonds. The molecule has 16 heavy (non-hydrogen) atoms. The Hall–Kier alpha value is -0.370. The van der Waals surface area contributed by atoms with Crippen molar-refractivity contribution in [3.63, 3.8) is 0 Å². The molecule has 0 heterocycles. The zero-order chi connectivity index (χ0) is 11.4. The molecule has 2 aliphatic carbocycles. The van der Waals surface area contributed by atoms with Crippen LogP contribution in [0.5, 0.6) is 0 Å². The number of Topliss-reactive ketones (excluding diaryl/α,β-unsaturated/α-hetero) is 1. The van der Waals surface area contributed by atoms with E-state index in [9.17, 15) is 4.79 Å². The standard InChI is InChI=1S/C14H24O2/c1-2-16-14(12-9-10-12)13(15)11-7-5-3-4-6-8-11/h11-12,14H,2-10H2,1H3. The van der Waals surface area contributed by atoms with Crippen molar-refractivity contribution >= 4 is 5.78 Å². The molecule has 0 radical (unpaired) electrons. The summed E-state index contributed by atoms with van der Waals surface area (Å²) in [5.74, 6) is 1.28. The van der Waals surface area contributed by atoms with E-state index in [2.05, 4.69) is 0 Å². The molecule has 92 valence electrons. The summed E-state index contributed by atoms with van der Waals surface area (Å²) in [7, 11) is 0. The Morgan fingerprint density at radius 2 is 1.75 bits per heavy atom. The molecule has 0 aromatic carbocycles. The highest BCUT2D eigenvalue weighted by molar-refractivity contribution is 5.86. The van der Waals surface area contributed by atoms with Gasteiger partial charge in [-0.1, -0.05) is 25.7 Å². The van der Waals surface area contributed by atoms with Gasteiger partial charge in [0.05, 0.1) is 0 Å². The van der Waals surface area contributed by atoms with Gasteiger partial charge in [0.25, 0.3) is 0 Å². The van der Waals surface area contributed by atoms with E-state index in [0.717, 1.165) is 12.8 Å². The lowest BCUT2D eigenvalue weighted by Crippen LogP contribution is -2.32. The summed E-state index contributed by atoms with van der Waals surface area (Å²) in [4.78, 5) is 12.4. The van der Waals surface area contributed by atoms with Gasteiger partial charge in [0, 0.05) is 12.5 Å². The Morgan fingerprint density at radius 3 is 2.25 bits per heavy atom. The quantitative estimate of drug-likeness (QED) is 0.669. The van der Waals surface area contributed by atoms with Crippen LogP contribution in [0.25, 0.3) is 0 Å². The molecule has 0 spiro atoms. The van der Waals surface area contributed by atoms with Crippen LogP contribution in [0.2, 0.25) is 0 Å². The molecule has 2 heteroatoms. The van der Waals surface area contributed by atoms with Crippen LogP contribution in [0.4, 0.5) is 0 Å². The molecular formula is C14H24O2. The number of rotatable bonds is 5. The molecule has 2 aliphatic rings. The number of carbonyl (C=O) groups is 1. The third kappa shape index (κ3) is 3.07. The molecule has 2 rings (SSSR count). The Bertz CT molecular complexity index is 225. The van der Waals surface area contributed by atoms with Gasteiger partial charge in [0.15, 0.2) is 5.78 Å². The van der Waals surface area contributed by atoms with E-state index < -0.39 is 0 Å². The highest BCUT2D eigenvalue weighted by Crippen LogP contribution is 2.37. The predicted molar refractivity (Wildman–Crippen MR) is 64.3 cm³/mol. The van der Waals surface area contributed by atoms with Gasteiger partial charge < -0.3 is 4.74 Å². The highest BCUT2D eigenvalue weighted by atomic mass is 16.5. The Labute approximate surface area is 98.7 Å². The maximum absolute atomic E-state index is 12.4. The molecule has 2 fully saturated rings. The van der Waals surface area contributed by atoms with E-state index in [1.807, 2.05) is 6.92 Å². The van der Waals surface area contributed by atoms with Crippen LogP contribution in [-0.2, 0) is 9.53 Å². The lowest BCUT2D eigenvalue weighted by atomic mass is 9.90. The summed E-state index contributed by atoms with van der Waals surface area (Å²) in [6.07, 6.45) is 9.64. The Morgan fingerprint density at radius 1 is 1.12 bits per heavy atom. The van der Waals surface area contributed by atoms with Gasteiger partial charge in [-0.3, -0.25) is 4.79 Å². The van der Waals surface area contributed by atoms with E-state index in [1.165, 1.54) is 38.5 Å². The van der Waals surface area contributed by atoms with Gasteiger partial charge in [0.1, 0.15) is 6.10 Å². The summed E-state index contributed by atoms with van der Waals surface area (Å²) in [5.41, 5.74) is 0. The number of hydrogen-bond acceptors (Lipinski definition) is 2. The molecule has 0 saturated heterocycles. The van der Waals surface area contributed by atoms with Gasteiger partial charge in [-0.2, -0.15) is 0 Å². The largest absolute Gasteiger partial charge is 0.370 e. The molecule has 2 nitrogen and oxygen atoms in total. The van der Waals surface area contributed by atoms with Crippen molar-refractivity contribution in [2.24, 2.45) is 11.8 Å². The van der Waals surface area contributed by atoms with Gasteiger partial charge >= 0.3 is 0 Å². The second-order valence-electron chi connectivity index (χ2n) is 5.30. The van der Waals surface area contributed by atoms with E-state index in [0.29, 0.717) is 24.2 Å². The maximum atomic E-state index is 12.4. The second-order valence-corrected chi connectivity index (χ2v) is 5.30. The summed E-state index contributed by atoms with van der Waals surface area (Å²) in [6.45, 7) is 2.68. The number of ketones is 1. The van der Waals surface area contributed by atoms with Crippen molar-refractivity contribution in [1.29, 1.82) is 0 Å². The summed E-state index contributed by atoms with van der Waals surface area (Å²) in [5, 5.41) is 0. The molecule has 0 aromatic heterocycles. The molecule has 1 atom stereocenters. The minimum atomic E-state index is -0.0619. The second kappa shape index (κ2) is 5.81. The molecule has 0 aromatic rings. The molecule has 0 N–H and O–H groups in total. The van der Waals surface area contributed by atoms with Gasteiger partial charge in [0.2, 0.25) is 0 Å². The van der Waals surface area contributed by atoms with Crippen molar-refractivity contribution in [2.45, 2.75) is 64.4 Å². The third-order valence-electron chi connectivity index (χ3n) is 3.93. The van der Waals surface area contributed by atoms with Crippen molar-refractivity contribution in [3.8, 4) is 0 Å². The van der Waals surface area contributed by atoms with Gasteiger partial charge in [-0.25, -0.2) is 0 Å². The SMILES string of the molecule is CCOC(C(=O)C1CCCCCC1)C1CC1. The van der Waals surface area contributed by atoms with Crippen LogP contribution in [0.1, 0.15) is 58.3 Å². The van der Waals surface area contributed by atoms with E-state index >= 15 is 0 Å². The highest BCUT2D eigenvalue weighted by Gasteiger charge is 2.39. The lowest BCUT2D eigenvalue weighted by Gasteiger charge is -2.21. The minimum Gasteiger partial charge on any atom is -0.370 e. The fourth-order valence-corrected chi connectivity index (χ4v) is 2.83. The monoisotopic (exact) mass is 224 g/mol. The first-order valence-electron chi connectivity index (χ1n) is 6.98. The average Bonchev–Trinajstić information content (AvgIpc) is 3.10. The fourth-order valence-electron chi connectivity index (χ4n) is 2.83. The molecule has 0 aliphatic heterocycles. The number of hydrogen-bond donors (Lipinski definition) is 0.